The summed E-state index contributed by atoms with van der Waals surface area (Å²) in [4.78, 5) is 17.1. The molecule has 1 atom stereocenters. The number of aromatic nitrogens is 1. The number of aryl methyl sites for hydroxylation is 1. The molecule has 0 radical (unpaired) electrons. The Morgan fingerprint density at radius 2 is 1.88 bits per heavy atom. The summed E-state index contributed by atoms with van der Waals surface area (Å²) >= 11 is 1.78. The Kier molecular flexibility index (Phi) is 5.04. The van der Waals surface area contributed by atoms with Gasteiger partial charge in [0.15, 0.2) is 0 Å². The molecule has 0 aliphatic carbocycles. The first-order chi connectivity index (χ1) is 12.2. The molecule has 0 saturated carbocycles. The van der Waals surface area contributed by atoms with E-state index in [9.17, 15) is 4.79 Å². The fourth-order valence-corrected chi connectivity index (χ4v) is 5.38. The lowest BCUT2D eigenvalue weighted by molar-refractivity contribution is -0.128. The van der Waals surface area contributed by atoms with Crippen LogP contribution in [0.1, 0.15) is 36.6 Å². The van der Waals surface area contributed by atoms with Gasteiger partial charge in [0.05, 0.1) is 5.75 Å². The van der Waals surface area contributed by atoms with Crippen molar-refractivity contribution in [3.05, 3.63) is 36.0 Å². The summed E-state index contributed by atoms with van der Waals surface area (Å²) in [6.07, 6.45) is 7.20. The lowest BCUT2D eigenvalue weighted by atomic mass is 10.1. The molecule has 134 valence electrons. The van der Waals surface area contributed by atoms with Crippen LogP contribution in [0.5, 0.6) is 0 Å². The highest BCUT2D eigenvalue weighted by Crippen LogP contribution is 2.42. The SMILES string of the molecule is Cn1cc(C2SCC(=O)N2CCCCN2CCCC2)c2ccccc21. The first-order valence-electron chi connectivity index (χ1n) is 9.41. The monoisotopic (exact) mass is 357 g/mol. The molecular formula is C20H27N3OS. The van der Waals surface area contributed by atoms with Gasteiger partial charge in [0, 0.05) is 36.3 Å². The van der Waals surface area contributed by atoms with E-state index in [0.717, 1.165) is 13.0 Å². The maximum atomic E-state index is 12.4. The number of rotatable bonds is 6. The number of thioether (sulfide) groups is 1. The fourth-order valence-electron chi connectivity index (χ4n) is 4.15. The molecule has 4 nitrogen and oxygen atoms in total. The molecule has 25 heavy (non-hydrogen) atoms. The molecule has 2 aliphatic heterocycles. The average Bonchev–Trinajstić information content (AvgIpc) is 3.33. The third-order valence-electron chi connectivity index (χ3n) is 5.48. The van der Waals surface area contributed by atoms with Crippen LogP contribution < -0.4 is 0 Å². The quantitative estimate of drug-likeness (QED) is 0.739. The minimum absolute atomic E-state index is 0.172. The second-order valence-electron chi connectivity index (χ2n) is 7.22. The van der Waals surface area contributed by atoms with E-state index < -0.39 is 0 Å². The third-order valence-corrected chi connectivity index (χ3v) is 6.72. The van der Waals surface area contributed by atoms with Crippen molar-refractivity contribution >= 4 is 28.6 Å². The van der Waals surface area contributed by atoms with E-state index in [1.807, 2.05) is 0 Å². The van der Waals surface area contributed by atoms with Crippen LogP contribution in [0.25, 0.3) is 10.9 Å². The van der Waals surface area contributed by atoms with Crippen molar-refractivity contribution in [2.45, 2.75) is 31.1 Å². The zero-order valence-electron chi connectivity index (χ0n) is 15.0. The highest BCUT2D eigenvalue weighted by Gasteiger charge is 2.34. The number of amides is 1. The Labute approximate surface area is 154 Å². The van der Waals surface area contributed by atoms with E-state index in [1.54, 1.807) is 11.8 Å². The first kappa shape index (κ1) is 17.0. The predicted molar refractivity (Wildman–Crippen MR) is 105 cm³/mol. The molecule has 1 amide bonds. The van der Waals surface area contributed by atoms with Gasteiger partial charge in [0.2, 0.25) is 5.91 Å². The van der Waals surface area contributed by atoms with E-state index in [-0.39, 0.29) is 5.37 Å². The number of carbonyl (C=O) groups is 1. The fraction of sp³-hybridized carbons (Fsp3) is 0.550. The van der Waals surface area contributed by atoms with Gasteiger partial charge < -0.3 is 14.4 Å². The van der Waals surface area contributed by atoms with Crippen molar-refractivity contribution < 1.29 is 4.79 Å². The van der Waals surface area contributed by atoms with Crippen molar-refractivity contribution in [2.75, 3.05) is 31.9 Å². The van der Waals surface area contributed by atoms with E-state index in [2.05, 4.69) is 51.9 Å². The molecule has 0 N–H and O–H groups in total. The molecule has 4 rings (SSSR count). The number of hydrogen-bond acceptors (Lipinski definition) is 3. The molecule has 5 heteroatoms. The van der Waals surface area contributed by atoms with Gasteiger partial charge in [-0.25, -0.2) is 0 Å². The van der Waals surface area contributed by atoms with Crippen molar-refractivity contribution in [2.24, 2.45) is 7.05 Å². The van der Waals surface area contributed by atoms with Crippen LogP contribution in [0.3, 0.4) is 0 Å². The molecule has 1 unspecified atom stereocenters. The van der Waals surface area contributed by atoms with Crippen molar-refractivity contribution in [1.82, 2.24) is 14.4 Å². The number of benzene rings is 1. The number of unbranched alkanes of at least 4 members (excludes halogenated alkanes) is 1. The van der Waals surface area contributed by atoms with Gasteiger partial charge in [-0.05, 0) is 51.4 Å². The zero-order chi connectivity index (χ0) is 17.2. The molecule has 1 aromatic heterocycles. The van der Waals surface area contributed by atoms with Crippen LogP contribution in [-0.4, -0.2) is 52.2 Å². The second kappa shape index (κ2) is 7.42. The van der Waals surface area contributed by atoms with Gasteiger partial charge in [-0.1, -0.05) is 18.2 Å². The first-order valence-corrected chi connectivity index (χ1v) is 10.5. The summed E-state index contributed by atoms with van der Waals surface area (Å²) < 4.78 is 2.18. The highest BCUT2D eigenvalue weighted by atomic mass is 32.2. The van der Waals surface area contributed by atoms with Gasteiger partial charge in [-0.3, -0.25) is 4.79 Å². The molecule has 2 aliphatic rings. The molecule has 0 bridgehead atoms. The number of para-hydroxylation sites is 1. The average molecular weight is 358 g/mol. The minimum atomic E-state index is 0.172. The topological polar surface area (TPSA) is 28.5 Å². The summed E-state index contributed by atoms with van der Waals surface area (Å²) in [7, 11) is 2.09. The molecular weight excluding hydrogens is 330 g/mol. The smallest absolute Gasteiger partial charge is 0.233 e. The maximum absolute atomic E-state index is 12.4. The second-order valence-corrected chi connectivity index (χ2v) is 8.29. The van der Waals surface area contributed by atoms with Crippen LogP contribution in [0.4, 0.5) is 0 Å². The minimum Gasteiger partial charge on any atom is -0.350 e. The van der Waals surface area contributed by atoms with Gasteiger partial charge >= 0.3 is 0 Å². The molecule has 3 heterocycles. The largest absolute Gasteiger partial charge is 0.350 e. The predicted octanol–water partition coefficient (Wildman–Crippen LogP) is 3.63. The van der Waals surface area contributed by atoms with Crippen LogP contribution in [0, 0.1) is 0 Å². The van der Waals surface area contributed by atoms with Crippen molar-refractivity contribution in [3.8, 4) is 0 Å². The molecule has 2 fully saturated rings. The summed E-state index contributed by atoms with van der Waals surface area (Å²) in [5.41, 5.74) is 2.53. The number of hydrogen-bond donors (Lipinski definition) is 0. The lowest BCUT2D eigenvalue weighted by Gasteiger charge is -2.24. The van der Waals surface area contributed by atoms with Crippen molar-refractivity contribution in [1.29, 1.82) is 0 Å². The number of nitrogens with zero attached hydrogens (tertiary/aromatic N) is 3. The van der Waals surface area contributed by atoms with E-state index in [1.165, 1.54) is 55.4 Å². The summed E-state index contributed by atoms with van der Waals surface area (Å²) in [5, 5.41) is 1.45. The summed E-state index contributed by atoms with van der Waals surface area (Å²) in [5.74, 6) is 0.907. The maximum Gasteiger partial charge on any atom is 0.233 e. The van der Waals surface area contributed by atoms with Gasteiger partial charge in [0.25, 0.3) is 0 Å². The van der Waals surface area contributed by atoms with E-state index >= 15 is 0 Å². The number of carbonyl (C=O) groups excluding carboxylic acids is 1. The van der Waals surface area contributed by atoms with Gasteiger partial charge in [-0.15, -0.1) is 11.8 Å². The van der Waals surface area contributed by atoms with E-state index in [4.69, 9.17) is 0 Å². The van der Waals surface area contributed by atoms with Crippen molar-refractivity contribution in [3.63, 3.8) is 0 Å². The standard InChI is InChI=1S/C20H27N3OS/c1-21-14-17(16-8-2-3-9-18(16)21)20-23(19(24)15-25-20)13-7-6-12-22-10-4-5-11-22/h2-3,8-9,14,20H,4-7,10-13,15H2,1H3. The molecule has 0 spiro atoms. The molecule has 1 aromatic carbocycles. The Morgan fingerprint density at radius 3 is 2.72 bits per heavy atom. The Hall–Kier alpha value is -1.46. The van der Waals surface area contributed by atoms with E-state index in [0.29, 0.717) is 11.7 Å². The Bertz CT molecular complexity index is 750. The van der Waals surface area contributed by atoms with Gasteiger partial charge in [-0.2, -0.15) is 0 Å². The molecule has 2 saturated heterocycles. The highest BCUT2D eigenvalue weighted by molar-refractivity contribution is 8.00. The third kappa shape index (κ3) is 3.44. The van der Waals surface area contributed by atoms with Crippen LogP contribution in [0.15, 0.2) is 30.5 Å². The lowest BCUT2D eigenvalue weighted by Crippen LogP contribution is -2.30. The summed E-state index contributed by atoms with van der Waals surface area (Å²) in [6, 6.07) is 8.50. The summed E-state index contributed by atoms with van der Waals surface area (Å²) in [6.45, 7) is 4.59. The Balaban J connectivity index is 1.44. The van der Waals surface area contributed by atoms with Crippen LogP contribution >= 0.6 is 11.8 Å². The van der Waals surface area contributed by atoms with Crippen LogP contribution in [0.2, 0.25) is 0 Å². The van der Waals surface area contributed by atoms with Crippen LogP contribution in [-0.2, 0) is 11.8 Å². The number of likely N-dealkylation sites (tertiary alicyclic amines) is 1. The number of fused-ring (bicyclic) bond motifs is 1. The Morgan fingerprint density at radius 1 is 1.12 bits per heavy atom. The normalized spacial score (nSPS) is 21.7. The van der Waals surface area contributed by atoms with Gasteiger partial charge in [0.1, 0.15) is 5.37 Å². The zero-order valence-corrected chi connectivity index (χ0v) is 15.8. The molecule has 2 aromatic rings.